The SMILES string of the molecule is COC(=O)C1C[C@@H](Oc2nc3cc(OC)ccc3nc2Cl)CN1. The molecule has 0 aliphatic carbocycles. The van der Waals surface area contributed by atoms with Crippen LogP contribution in [0.15, 0.2) is 18.2 Å². The minimum absolute atomic E-state index is 0.184. The molecule has 3 rings (SSSR count). The summed E-state index contributed by atoms with van der Waals surface area (Å²) in [7, 11) is 2.94. The average molecular weight is 338 g/mol. The fraction of sp³-hybridized carbons (Fsp3) is 0.400. The molecule has 0 radical (unpaired) electrons. The lowest BCUT2D eigenvalue weighted by Gasteiger charge is -2.13. The lowest BCUT2D eigenvalue weighted by molar-refractivity contribution is -0.142. The first kappa shape index (κ1) is 15.8. The van der Waals surface area contributed by atoms with E-state index in [0.29, 0.717) is 29.7 Å². The molecule has 0 amide bonds. The summed E-state index contributed by atoms with van der Waals surface area (Å²) in [6.07, 6.45) is 0.259. The summed E-state index contributed by atoms with van der Waals surface area (Å²) in [4.78, 5) is 20.2. The molecule has 2 atom stereocenters. The lowest BCUT2D eigenvalue weighted by Crippen LogP contribution is -2.31. The molecule has 122 valence electrons. The first-order valence-corrected chi connectivity index (χ1v) is 7.47. The van der Waals surface area contributed by atoms with Gasteiger partial charge in [0.15, 0.2) is 5.15 Å². The number of ether oxygens (including phenoxy) is 3. The van der Waals surface area contributed by atoms with Gasteiger partial charge >= 0.3 is 5.97 Å². The number of rotatable bonds is 4. The average Bonchev–Trinajstić information content (AvgIpc) is 3.03. The van der Waals surface area contributed by atoms with Crippen molar-refractivity contribution >= 4 is 28.6 Å². The highest BCUT2D eigenvalue weighted by Gasteiger charge is 2.32. The predicted octanol–water partition coefficient (Wildman–Crippen LogP) is 1.57. The van der Waals surface area contributed by atoms with E-state index in [1.165, 1.54) is 7.11 Å². The number of hydrogen-bond donors (Lipinski definition) is 1. The van der Waals surface area contributed by atoms with Gasteiger partial charge in [0.2, 0.25) is 0 Å². The molecule has 0 bridgehead atoms. The van der Waals surface area contributed by atoms with Crippen LogP contribution in [0.4, 0.5) is 0 Å². The zero-order valence-electron chi connectivity index (χ0n) is 12.7. The second-order valence-corrected chi connectivity index (χ2v) is 5.49. The number of methoxy groups -OCH3 is 2. The second kappa shape index (κ2) is 6.55. The maximum atomic E-state index is 11.5. The van der Waals surface area contributed by atoms with Crippen molar-refractivity contribution in [2.45, 2.75) is 18.6 Å². The van der Waals surface area contributed by atoms with Gasteiger partial charge in [0, 0.05) is 19.0 Å². The molecular formula is C15H16ClN3O4. The van der Waals surface area contributed by atoms with E-state index in [4.69, 9.17) is 25.8 Å². The summed E-state index contributed by atoms with van der Waals surface area (Å²) >= 11 is 6.14. The van der Waals surface area contributed by atoms with Crippen molar-refractivity contribution in [2.24, 2.45) is 0 Å². The lowest BCUT2D eigenvalue weighted by atomic mass is 10.2. The van der Waals surface area contributed by atoms with Crippen molar-refractivity contribution in [1.29, 1.82) is 0 Å². The molecule has 1 aromatic heterocycles. The maximum Gasteiger partial charge on any atom is 0.323 e. The standard InChI is InChI=1S/C15H16ClN3O4/c1-21-8-3-4-10-11(5-8)19-14(13(16)18-10)23-9-6-12(17-7-9)15(20)22-2/h3-5,9,12,17H,6-7H2,1-2H3/t9-,12?/m1/s1. The van der Waals surface area contributed by atoms with Crippen LogP contribution in [-0.4, -0.2) is 48.8 Å². The van der Waals surface area contributed by atoms with Crippen LogP contribution >= 0.6 is 11.6 Å². The molecule has 1 N–H and O–H groups in total. The van der Waals surface area contributed by atoms with Crippen LogP contribution < -0.4 is 14.8 Å². The number of esters is 1. The van der Waals surface area contributed by atoms with Crippen molar-refractivity contribution < 1.29 is 19.0 Å². The summed E-state index contributed by atoms with van der Waals surface area (Å²) < 4.78 is 15.7. The van der Waals surface area contributed by atoms with Gasteiger partial charge in [-0.2, -0.15) is 0 Å². The molecule has 2 aromatic rings. The fourth-order valence-electron chi connectivity index (χ4n) is 2.47. The highest BCUT2D eigenvalue weighted by molar-refractivity contribution is 6.31. The Morgan fingerprint density at radius 3 is 2.87 bits per heavy atom. The van der Waals surface area contributed by atoms with Crippen molar-refractivity contribution in [3.63, 3.8) is 0 Å². The summed E-state index contributed by atoms with van der Waals surface area (Å²) in [5.41, 5.74) is 1.28. The van der Waals surface area contributed by atoms with E-state index >= 15 is 0 Å². The minimum Gasteiger partial charge on any atom is -0.497 e. The quantitative estimate of drug-likeness (QED) is 0.848. The summed E-state index contributed by atoms with van der Waals surface area (Å²) in [6.45, 7) is 0.508. The Morgan fingerprint density at radius 1 is 1.30 bits per heavy atom. The Kier molecular flexibility index (Phi) is 4.49. The van der Waals surface area contributed by atoms with E-state index in [0.717, 1.165) is 0 Å². The normalized spacial score (nSPS) is 20.5. The van der Waals surface area contributed by atoms with Crippen LogP contribution in [0.2, 0.25) is 5.15 Å². The van der Waals surface area contributed by atoms with Gasteiger partial charge in [-0.1, -0.05) is 11.6 Å². The third kappa shape index (κ3) is 3.30. The number of carbonyl (C=O) groups is 1. The van der Waals surface area contributed by atoms with Crippen molar-refractivity contribution in [3.05, 3.63) is 23.4 Å². The smallest absolute Gasteiger partial charge is 0.323 e. The Hall–Kier alpha value is -2.12. The number of benzene rings is 1. The van der Waals surface area contributed by atoms with Crippen LogP contribution in [0.1, 0.15) is 6.42 Å². The molecule has 1 aromatic carbocycles. The highest BCUT2D eigenvalue weighted by Crippen LogP contribution is 2.27. The molecule has 1 aliphatic rings. The molecule has 23 heavy (non-hydrogen) atoms. The van der Waals surface area contributed by atoms with E-state index in [1.54, 1.807) is 25.3 Å². The largest absolute Gasteiger partial charge is 0.497 e. The van der Waals surface area contributed by atoms with Crippen LogP contribution in [0.3, 0.4) is 0 Å². The molecule has 0 saturated carbocycles. The Labute approximate surface area is 137 Å². The molecule has 1 aliphatic heterocycles. The third-order valence-corrected chi connectivity index (χ3v) is 3.90. The zero-order chi connectivity index (χ0) is 16.4. The van der Waals surface area contributed by atoms with Crippen molar-refractivity contribution in [2.75, 3.05) is 20.8 Å². The summed E-state index contributed by atoms with van der Waals surface area (Å²) in [5.74, 6) is 0.606. The number of aromatic nitrogens is 2. The minimum atomic E-state index is -0.378. The van der Waals surface area contributed by atoms with Gasteiger partial charge in [-0.15, -0.1) is 0 Å². The topological polar surface area (TPSA) is 82.6 Å². The number of nitrogens with one attached hydrogen (secondary N) is 1. The molecule has 1 fully saturated rings. The first-order valence-electron chi connectivity index (χ1n) is 7.10. The van der Waals surface area contributed by atoms with Crippen LogP contribution in [0.5, 0.6) is 11.6 Å². The number of nitrogens with zero attached hydrogens (tertiary/aromatic N) is 2. The van der Waals surface area contributed by atoms with E-state index < -0.39 is 0 Å². The number of fused-ring (bicyclic) bond motifs is 1. The van der Waals surface area contributed by atoms with Gasteiger partial charge in [0.1, 0.15) is 17.9 Å². The van der Waals surface area contributed by atoms with Gasteiger partial charge in [-0.3, -0.25) is 4.79 Å². The van der Waals surface area contributed by atoms with Gasteiger partial charge in [-0.25, -0.2) is 9.97 Å². The molecule has 7 nitrogen and oxygen atoms in total. The van der Waals surface area contributed by atoms with Gasteiger partial charge in [0.25, 0.3) is 5.88 Å². The van der Waals surface area contributed by atoms with Gasteiger partial charge in [-0.05, 0) is 12.1 Å². The van der Waals surface area contributed by atoms with Crippen LogP contribution in [0, 0.1) is 0 Å². The fourth-order valence-corrected chi connectivity index (χ4v) is 2.65. The number of carbonyl (C=O) groups excluding carboxylic acids is 1. The molecule has 1 unspecified atom stereocenters. The molecular weight excluding hydrogens is 322 g/mol. The van der Waals surface area contributed by atoms with Crippen molar-refractivity contribution in [1.82, 2.24) is 15.3 Å². The Bertz CT molecular complexity index is 740. The number of hydrogen-bond acceptors (Lipinski definition) is 7. The molecule has 1 saturated heterocycles. The van der Waals surface area contributed by atoms with E-state index in [2.05, 4.69) is 15.3 Å². The highest BCUT2D eigenvalue weighted by atomic mass is 35.5. The second-order valence-electron chi connectivity index (χ2n) is 5.13. The molecule has 2 heterocycles. The zero-order valence-corrected chi connectivity index (χ0v) is 13.5. The van der Waals surface area contributed by atoms with Crippen LogP contribution in [0.25, 0.3) is 11.0 Å². The van der Waals surface area contributed by atoms with E-state index in [9.17, 15) is 4.79 Å². The Morgan fingerprint density at radius 2 is 2.13 bits per heavy atom. The molecule has 0 spiro atoms. The maximum absolute atomic E-state index is 11.5. The predicted molar refractivity (Wildman–Crippen MR) is 83.9 cm³/mol. The van der Waals surface area contributed by atoms with Crippen molar-refractivity contribution in [3.8, 4) is 11.6 Å². The number of halogens is 1. The first-order chi connectivity index (χ1) is 11.1. The molecule has 8 heteroatoms. The monoisotopic (exact) mass is 337 g/mol. The van der Waals surface area contributed by atoms with Gasteiger partial charge in [0.05, 0.1) is 25.3 Å². The Balaban J connectivity index is 1.80. The van der Waals surface area contributed by atoms with Gasteiger partial charge < -0.3 is 19.5 Å². The van der Waals surface area contributed by atoms with E-state index in [1.807, 2.05) is 0 Å². The summed E-state index contributed by atoms with van der Waals surface area (Å²) in [6, 6.07) is 4.95. The third-order valence-electron chi connectivity index (χ3n) is 3.65. The van der Waals surface area contributed by atoms with Crippen LogP contribution in [-0.2, 0) is 9.53 Å². The van der Waals surface area contributed by atoms with E-state index in [-0.39, 0.29) is 29.1 Å². The summed E-state index contributed by atoms with van der Waals surface area (Å²) in [5, 5.41) is 3.23.